The highest BCUT2D eigenvalue weighted by atomic mass is 32.2. The molecular formula is C19H20N4O4S. The molecule has 0 aromatic heterocycles. The van der Waals surface area contributed by atoms with Crippen molar-refractivity contribution in [1.82, 2.24) is 4.31 Å². The van der Waals surface area contributed by atoms with Gasteiger partial charge in [-0.3, -0.25) is 10.1 Å². The highest BCUT2D eigenvalue weighted by Gasteiger charge is 2.28. The third-order valence-electron chi connectivity index (χ3n) is 4.63. The fraction of sp³-hybridized carbons (Fsp3) is 0.316. The van der Waals surface area contributed by atoms with Crippen molar-refractivity contribution in [3.05, 3.63) is 58.1 Å². The number of rotatable bonds is 6. The summed E-state index contributed by atoms with van der Waals surface area (Å²) in [4.78, 5) is 10.9. The van der Waals surface area contributed by atoms with Gasteiger partial charge in [0, 0.05) is 24.8 Å². The molecule has 1 heterocycles. The summed E-state index contributed by atoms with van der Waals surface area (Å²) in [5.74, 6) is 0. The summed E-state index contributed by atoms with van der Waals surface area (Å²) in [5.41, 5.74) is 1.34. The topological polar surface area (TPSA) is 116 Å². The molecule has 1 aliphatic rings. The number of benzene rings is 2. The van der Waals surface area contributed by atoms with Crippen LogP contribution < -0.4 is 5.32 Å². The molecule has 9 heteroatoms. The summed E-state index contributed by atoms with van der Waals surface area (Å²) in [5, 5.41) is 23.2. The lowest BCUT2D eigenvalue weighted by atomic mass is 10.1. The normalized spacial score (nSPS) is 15.0. The number of nitro benzene ring substituents is 1. The van der Waals surface area contributed by atoms with Gasteiger partial charge in [0.25, 0.3) is 5.69 Å². The molecule has 0 radical (unpaired) electrons. The Bertz CT molecular complexity index is 1010. The number of sulfonamides is 1. The first-order valence-electron chi connectivity index (χ1n) is 8.93. The predicted octanol–water partition coefficient (Wildman–Crippen LogP) is 3.58. The molecule has 0 aliphatic carbocycles. The molecule has 0 unspecified atom stereocenters. The molecule has 0 saturated carbocycles. The van der Waals surface area contributed by atoms with Crippen LogP contribution in [-0.2, 0) is 16.4 Å². The van der Waals surface area contributed by atoms with Crippen LogP contribution in [0.5, 0.6) is 0 Å². The van der Waals surface area contributed by atoms with E-state index in [0.29, 0.717) is 18.8 Å². The fourth-order valence-electron chi connectivity index (χ4n) is 3.14. The Hall–Kier alpha value is -2.96. The molecule has 2 aromatic carbocycles. The van der Waals surface area contributed by atoms with Gasteiger partial charge >= 0.3 is 0 Å². The molecule has 1 aliphatic heterocycles. The monoisotopic (exact) mass is 400 g/mol. The minimum absolute atomic E-state index is 0.0731. The minimum atomic E-state index is -3.75. The van der Waals surface area contributed by atoms with E-state index < -0.39 is 14.9 Å². The van der Waals surface area contributed by atoms with Gasteiger partial charge in [-0.2, -0.15) is 9.57 Å². The van der Waals surface area contributed by atoms with Gasteiger partial charge in [-0.15, -0.1) is 0 Å². The van der Waals surface area contributed by atoms with Gasteiger partial charge in [0.15, 0.2) is 0 Å². The summed E-state index contributed by atoms with van der Waals surface area (Å²) in [6, 6.07) is 12.9. The summed E-state index contributed by atoms with van der Waals surface area (Å²) in [6.07, 6.45) is 2.86. The van der Waals surface area contributed by atoms with E-state index in [9.17, 15) is 18.5 Å². The van der Waals surface area contributed by atoms with Gasteiger partial charge in [-0.25, -0.2) is 8.42 Å². The van der Waals surface area contributed by atoms with Gasteiger partial charge in [0.2, 0.25) is 10.0 Å². The number of nitro groups is 1. The molecule has 0 bridgehead atoms. The van der Waals surface area contributed by atoms with Crippen LogP contribution in [0.4, 0.5) is 17.1 Å². The Labute approximate surface area is 163 Å². The quantitative estimate of drug-likeness (QED) is 0.585. The second kappa shape index (κ2) is 8.37. The molecular weight excluding hydrogens is 380 g/mol. The van der Waals surface area contributed by atoms with Crippen LogP contribution in [0.1, 0.15) is 24.8 Å². The van der Waals surface area contributed by atoms with E-state index in [0.717, 1.165) is 30.9 Å². The van der Waals surface area contributed by atoms with Gasteiger partial charge in [-0.05, 0) is 42.7 Å². The third kappa shape index (κ3) is 4.30. The van der Waals surface area contributed by atoms with E-state index in [1.807, 2.05) is 0 Å². The average molecular weight is 400 g/mol. The summed E-state index contributed by atoms with van der Waals surface area (Å²) >= 11 is 0. The van der Waals surface area contributed by atoms with E-state index in [4.69, 9.17) is 5.26 Å². The maximum atomic E-state index is 12.8. The molecule has 3 rings (SSSR count). The SMILES string of the molecule is N#CCc1ccc(Nc2ccc(S(=O)(=O)N3CCCCC3)cc2[N+](=O)[O-])cc1. The predicted molar refractivity (Wildman–Crippen MR) is 105 cm³/mol. The van der Waals surface area contributed by atoms with Crippen LogP contribution in [0.15, 0.2) is 47.4 Å². The second-order valence-corrected chi connectivity index (χ2v) is 8.50. The first-order valence-corrected chi connectivity index (χ1v) is 10.4. The van der Waals surface area contributed by atoms with E-state index in [2.05, 4.69) is 11.4 Å². The Morgan fingerprint density at radius 2 is 1.79 bits per heavy atom. The largest absolute Gasteiger partial charge is 0.350 e. The maximum absolute atomic E-state index is 12.8. The van der Waals surface area contributed by atoms with Crippen LogP contribution in [-0.4, -0.2) is 30.7 Å². The molecule has 8 nitrogen and oxygen atoms in total. The number of anilines is 2. The lowest BCUT2D eigenvalue weighted by Crippen LogP contribution is -2.35. The van der Waals surface area contributed by atoms with Gasteiger partial charge in [0.05, 0.1) is 22.3 Å². The van der Waals surface area contributed by atoms with Crippen molar-refractivity contribution in [2.45, 2.75) is 30.6 Å². The van der Waals surface area contributed by atoms with Crippen LogP contribution in [0.25, 0.3) is 0 Å². The number of nitrogens with zero attached hydrogens (tertiary/aromatic N) is 3. The Kier molecular flexibility index (Phi) is 5.92. The average Bonchev–Trinajstić information content (AvgIpc) is 2.70. The zero-order valence-corrected chi connectivity index (χ0v) is 16.0. The molecule has 0 spiro atoms. The van der Waals surface area contributed by atoms with Crippen molar-refractivity contribution >= 4 is 27.1 Å². The molecule has 1 N–H and O–H groups in total. The first-order chi connectivity index (χ1) is 13.4. The zero-order chi connectivity index (χ0) is 20.1. The Morgan fingerprint density at radius 1 is 1.11 bits per heavy atom. The number of piperidine rings is 1. The number of nitrogens with one attached hydrogen (secondary N) is 1. The Balaban J connectivity index is 1.89. The first kappa shape index (κ1) is 19.8. The molecule has 1 fully saturated rings. The molecule has 28 heavy (non-hydrogen) atoms. The highest BCUT2D eigenvalue weighted by molar-refractivity contribution is 7.89. The molecule has 1 saturated heterocycles. The van der Waals surface area contributed by atoms with Crippen LogP contribution in [0.3, 0.4) is 0 Å². The molecule has 0 amide bonds. The van der Waals surface area contributed by atoms with Gasteiger partial charge in [0.1, 0.15) is 5.69 Å². The zero-order valence-electron chi connectivity index (χ0n) is 15.2. The van der Waals surface area contributed by atoms with Gasteiger partial charge in [-0.1, -0.05) is 18.6 Å². The highest BCUT2D eigenvalue weighted by Crippen LogP contribution is 2.32. The third-order valence-corrected chi connectivity index (χ3v) is 6.53. The van der Waals surface area contributed by atoms with Crippen molar-refractivity contribution in [1.29, 1.82) is 5.26 Å². The molecule has 2 aromatic rings. The van der Waals surface area contributed by atoms with Crippen LogP contribution in [0, 0.1) is 21.4 Å². The van der Waals surface area contributed by atoms with E-state index in [1.165, 1.54) is 16.4 Å². The van der Waals surface area contributed by atoms with Crippen LogP contribution >= 0.6 is 0 Å². The van der Waals surface area contributed by atoms with Crippen molar-refractivity contribution in [2.75, 3.05) is 18.4 Å². The van der Waals surface area contributed by atoms with Crippen molar-refractivity contribution in [2.24, 2.45) is 0 Å². The lowest BCUT2D eigenvalue weighted by molar-refractivity contribution is -0.384. The number of nitriles is 1. The van der Waals surface area contributed by atoms with E-state index >= 15 is 0 Å². The van der Waals surface area contributed by atoms with Crippen LogP contribution in [0.2, 0.25) is 0 Å². The van der Waals surface area contributed by atoms with E-state index in [-0.39, 0.29) is 22.7 Å². The summed E-state index contributed by atoms with van der Waals surface area (Å²) in [6.45, 7) is 0.871. The van der Waals surface area contributed by atoms with Crippen molar-refractivity contribution < 1.29 is 13.3 Å². The van der Waals surface area contributed by atoms with Gasteiger partial charge < -0.3 is 5.32 Å². The minimum Gasteiger partial charge on any atom is -0.350 e. The van der Waals surface area contributed by atoms with Crippen molar-refractivity contribution in [3.8, 4) is 6.07 Å². The Morgan fingerprint density at radius 3 is 2.39 bits per heavy atom. The smallest absolute Gasteiger partial charge is 0.294 e. The second-order valence-electron chi connectivity index (χ2n) is 6.56. The summed E-state index contributed by atoms with van der Waals surface area (Å²) < 4.78 is 27.0. The lowest BCUT2D eigenvalue weighted by Gasteiger charge is -2.25. The fourth-order valence-corrected chi connectivity index (χ4v) is 4.67. The molecule has 0 atom stereocenters. The van der Waals surface area contributed by atoms with E-state index in [1.54, 1.807) is 24.3 Å². The number of hydrogen-bond acceptors (Lipinski definition) is 6. The van der Waals surface area contributed by atoms with Crippen molar-refractivity contribution in [3.63, 3.8) is 0 Å². The standard InChI is InChI=1S/C19H20N4O4S/c20-11-10-15-4-6-16(7-5-15)21-18-9-8-17(14-19(18)23(24)25)28(26,27)22-12-2-1-3-13-22/h4-9,14,21H,1-3,10,12-13H2. The summed E-state index contributed by atoms with van der Waals surface area (Å²) in [7, 11) is -3.75. The molecule has 146 valence electrons. The maximum Gasteiger partial charge on any atom is 0.294 e. The number of hydrogen-bond donors (Lipinski definition) is 1.